The normalized spacial score (nSPS) is 11.2. The van der Waals surface area contributed by atoms with Gasteiger partial charge >= 0.3 is 127 Å². The molecule has 0 aliphatic heterocycles. The van der Waals surface area contributed by atoms with Crippen LogP contribution in [0.4, 0.5) is 0 Å². The summed E-state index contributed by atoms with van der Waals surface area (Å²) in [7, 11) is 7.30. The van der Waals surface area contributed by atoms with Crippen molar-refractivity contribution in [1.29, 1.82) is 0 Å². The van der Waals surface area contributed by atoms with Gasteiger partial charge in [-0.1, -0.05) is 0 Å². The van der Waals surface area contributed by atoms with Crippen molar-refractivity contribution < 1.29 is 15.5 Å². The number of hydrogen-bond acceptors (Lipinski definition) is 0. The molecule has 0 nitrogen and oxygen atoms in total. The fraction of sp³-hybridized carbons (Fsp3) is 0. The molecule has 0 N–H and O–H groups in total. The van der Waals surface area contributed by atoms with E-state index in [1.807, 2.05) is 18.2 Å². The number of hydrogen-bond donors (Lipinski definition) is 0. The minimum atomic E-state index is -3.02. The van der Waals surface area contributed by atoms with E-state index in [1.165, 1.54) is 11.6 Å². The predicted molar refractivity (Wildman–Crippen MR) is 84.1 cm³/mol. The molecule has 0 aromatic heterocycles. The summed E-state index contributed by atoms with van der Waals surface area (Å²) in [4.78, 5) is 0. The van der Waals surface area contributed by atoms with Crippen LogP contribution in [0, 0.1) is 0 Å². The van der Waals surface area contributed by atoms with Crippen molar-refractivity contribution in [1.82, 2.24) is 0 Å². The Morgan fingerprint density at radius 1 is 0.450 bits per heavy atom. The summed E-state index contributed by atoms with van der Waals surface area (Å²) in [5.41, 5.74) is 0. The molecule has 0 amide bonds. The number of halogens is 1. The fourth-order valence-corrected chi connectivity index (χ4v) is 8.68. The van der Waals surface area contributed by atoms with Gasteiger partial charge in [0.15, 0.2) is 0 Å². The number of benzene rings is 3. The molecule has 0 radical (unpaired) electrons. The molecule has 2 heteroatoms. The summed E-state index contributed by atoms with van der Waals surface area (Å²) in [6, 6.07) is 31.5. The Morgan fingerprint density at radius 3 is 0.950 bits per heavy atom. The van der Waals surface area contributed by atoms with Gasteiger partial charge in [-0.2, -0.15) is 0 Å². The molecule has 20 heavy (non-hydrogen) atoms. The van der Waals surface area contributed by atoms with Crippen molar-refractivity contribution >= 4 is 20.9 Å². The molecule has 3 aromatic rings. The second-order valence-corrected chi connectivity index (χ2v) is 11.9. The summed E-state index contributed by atoms with van der Waals surface area (Å²) >= 11 is -3.02. The Balaban J connectivity index is 2.24. The quantitative estimate of drug-likeness (QED) is 0.651. The predicted octanol–water partition coefficient (Wildman–Crippen LogP) is 3.27. The topological polar surface area (TPSA) is 0 Å². The molecule has 0 atom stereocenters. The van der Waals surface area contributed by atoms with Crippen LogP contribution in [0.2, 0.25) is 0 Å². The van der Waals surface area contributed by atoms with E-state index < -0.39 is 15.5 Å². The van der Waals surface area contributed by atoms with Gasteiger partial charge in [-0.3, -0.25) is 0 Å². The molecule has 0 saturated carbocycles. The van der Waals surface area contributed by atoms with Gasteiger partial charge in [-0.25, -0.2) is 0 Å². The van der Waals surface area contributed by atoms with Crippen molar-refractivity contribution in [3.63, 3.8) is 0 Å². The molecular formula is C18H15ClTi. The Hall–Kier alpha value is -1.34. The van der Waals surface area contributed by atoms with E-state index in [0.717, 1.165) is 0 Å². The summed E-state index contributed by atoms with van der Waals surface area (Å²) in [5.74, 6) is 0. The molecule has 3 aromatic carbocycles. The van der Waals surface area contributed by atoms with E-state index in [0.29, 0.717) is 0 Å². The molecule has 0 heterocycles. The van der Waals surface area contributed by atoms with E-state index in [1.54, 1.807) is 0 Å². The van der Waals surface area contributed by atoms with E-state index in [-0.39, 0.29) is 0 Å². The van der Waals surface area contributed by atoms with Gasteiger partial charge < -0.3 is 0 Å². The maximum atomic E-state index is 7.30. The van der Waals surface area contributed by atoms with Crippen molar-refractivity contribution in [3.8, 4) is 0 Å². The second kappa shape index (κ2) is 5.97. The average Bonchev–Trinajstić information content (AvgIpc) is 2.56. The van der Waals surface area contributed by atoms with Crippen molar-refractivity contribution in [3.05, 3.63) is 91.0 Å². The van der Waals surface area contributed by atoms with Gasteiger partial charge in [0, 0.05) is 0 Å². The monoisotopic (exact) mass is 314 g/mol. The van der Waals surface area contributed by atoms with Gasteiger partial charge in [-0.05, 0) is 0 Å². The third-order valence-electron chi connectivity index (χ3n) is 3.51. The van der Waals surface area contributed by atoms with Crippen molar-refractivity contribution in [2.24, 2.45) is 0 Å². The standard InChI is InChI=1S/3C6H5.ClH.Ti/c3*1-2-4-6-5-3-1;;/h3*1-5H;1H;/q;;;;+1/p-1. The van der Waals surface area contributed by atoms with Gasteiger partial charge in [0.05, 0.1) is 0 Å². The SMILES string of the molecule is [Cl][Ti]([c]1ccccc1)([c]1ccccc1)[c]1ccccc1. The van der Waals surface area contributed by atoms with Gasteiger partial charge in [0.25, 0.3) is 0 Å². The van der Waals surface area contributed by atoms with Crippen LogP contribution >= 0.6 is 9.30 Å². The van der Waals surface area contributed by atoms with Crippen LogP contribution in [0.25, 0.3) is 0 Å². The first kappa shape index (κ1) is 13.6. The van der Waals surface area contributed by atoms with E-state index in [4.69, 9.17) is 9.30 Å². The second-order valence-electron chi connectivity index (χ2n) is 4.76. The molecule has 0 spiro atoms. The summed E-state index contributed by atoms with van der Waals surface area (Å²) in [6.45, 7) is 0. The maximum absolute atomic E-state index is 7.30. The molecule has 3 rings (SSSR count). The first-order valence-corrected chi connectivity index (χ1v) is 11.2. The number of rotatable bonds is 3. The van der Waals surface area contributed by atoms with Gasteiger partial charge in [-0.15, -0.1) is 0 Å². The first-order chi connectivity index (χ1) is 9.82. The Kier molecular flexibility index (Phi) is 4.07. The van der Waals surface area contributed by atoms with Crippen LogP contribution < -0.4 is 11.6 Å². The van der Waals surface area contributed by atoms with Gasteiger partial charge in [0.1, 0.15) is 0 Å². The van der Waals surface area contributed by atoms with Crippen LogP contribution in [0.5, 0.6) is 0 Å². The average molecular weight is 315 g/mol. The summed E-state index contributed by atoms with van der Waals surface area (Å²) < 4.78 is 3.81. The Bertz CT molecular complexity index is 569. The summed E-state index contributed by atoms with van der Waals surface area (Å²) in [6.07, 6.45) is 0. The third-order valence-corrected chi connectivity index (χ3v) is 11.5. The first-order valence-electron chi connectivity index (χ1n) is 6.67. The fourth-order valence-electron chi connectivity index (χ4n) is 2.50. The van der Waals surface area contributed by atoms with Crippen molar-refractivity contribution in [2.45, 2.75) is 0 Å². The molecule has 0 aliphatic carbocycles. The Morgan fingerprint density at radius 2 is 0.700 bits per heavy atom. The molecule has 0 fully saturated rings. The van der Waals surface area contributed by atoms with E-state index in [9.17, 15) is 0 Å². The third kappa shape index (κ3) is 2.47. The van der Waals surface area contributed by atoms with Crippen LogP contribution in [0.3, 0.4) is 0 Å². The van der Waals surface area contributed by atoms with Crippen LogP contribution in [0.1, 0.15) is 0 Å². The molecule has 98 valence electrons. The molecule has 0 aliphatic rings. The molecule has 0 unspecified atom stereocenters. The minimum absolute atomic E-state index is 1.27. The summed E-state index contributed by atoms with van der Waals surface area (Å²) in [5, 5.41) is 0. The molecule has 0 bridgehead atoms. The zero-order chi connectivity index (χ0) is 13.8. The van der Waals surface area contributed by atoms with Crippen LogP contribution in [0.15, 0.2) is 91.0 Å². The zero-order valence-electron chi connectivity index (χ0n) is 11.0. The van der Waals surface area contributed by atoms with Crippen LogP contribution in [-0.4, -0.2) is 0 Å². The zero-order valence-corrected chi connectivity index (χ0v) is 13.4. The van der Waals surface area contributed by atoms with Gasteiger partial charge in [0.2, 0.25) is 0 Å². The molecule has 0 saturated heterocycles. The van der Waals surface area contributed by atoms with Crippen LogP contribution in [-0.2, 0) is 15.5 Å². The molecular weight excluding hydrogens is 300 g/mol. The van der Waals surface area contributed by atoms with E-state index in [2.05, 4.69) is 72.8 Å². The Labute approximate surface area is 127 Å². The van der Waals surface area contributed by atoms with Crippen molar-refractivity contribution in [2.75, 3.05) is 0 Å². The van der Waals surface area contributed by atoms with E-state index >= 15 is 0 Å².